The monoisotopic (exact) mass is 203 g/mol. The van der Waals surface area contributed by atoms with Gasteiger partial charge in [0, 0.05) is 5.02 Å². The SMILES string of the molecule is CONC(=O)c1cc(Cl)ccc1F. The van der Waals surface area contributed by atoms with Crippen molar-refractivity contribution in [3.05, 3.63) is 34.6 Å². The smallest absolute Gasteiger partial charge is 0.277 e. The van der Waals surface area contributed by atoms with E-state index in [2.05, 4.69) is 4.84 Å². The first-order valence-corrected chi connectivity index (χ1v) is 3.81. The summed E-state index contributed by atoms with van der Waals surface area (Å²) in [6.07, 6.45) is 0. The van der Waals surface area contributed by atoms with Crippen molar-refractivity contribution in [1.82, 2.24) is 5.48 Å². The molecule has 1 aromatic carbocycles. The van der Waals surface area contributed by atoms with Gasteiger partial charge in [0.2, 0.25) is 0 Å². The van der Waals surface area contributed by atoms with Crippen LogP contribution in [0.5, 0.6) is 0 Å². The summed E-state index contributed by atoms with van der Waals surface area (Å²) in [6, 6.07) is 3.71. The Kier molecular flexibility index (Phi) is 3.22. The van der Waals surface area contributed by atoms with Gasteiger partial charge in [-0.15, -0.1) is 0 Å². The van der Waals surface area contributed by atoms with Crippen LogP contribution >= 0.6 is 11.6 Å². The zero-order valence-corrected chi connectivity index (χ0v) is 7.56. The fraction of sp³-hybridized carbons (Fsp3) is 0.125. The number of hydrogen-bond donors (Lipinski definition) is 1. The lowest BCUT2D eigenvalue weighted by Crippen LogP contribution is -2.22. The number of nitrogens with one attached hydrogen (secondary N) is 1. The van der Waals surface area contributed by atoms with Crippen molar-refractivity contribution in [3.8, 4) is 0 Å². The molecule has 0 heterocycles. The number of hydroxylamine groups is 1. The Morgan fingerprint density at radius 2 is 2.31 bits per heavy atom. The van der Waals surface area contributed by atoms with E-state index in [1.165, 1.54) is 19.2 Å². The van der Waals surface area contributed by atoms with Gasteiger partial charge in [0.15, 0.2) is 0 Å². The van der Waals surface area contributed by atoms with Crippen LogP contribution in [0.4, 0.5) is 4.39 Å². The maximum atomic E-state index is 13.0. The molecule has 0 aromatic heterocycles. The lowest BCUT2D eigenvalue weighted by molar-refractivity contribution is 0.0533. The second-order valence-corrected chi connectivity index (χ2v) is 2.70. The van der Waals surface area contributed by atoms with Crippen LogP contribution in [0.15, 0.2) is 18.2 Å². The fourth-order valence-electron chi connectivity index (χ4n) is 0.819. The van der Waals surface area contributed by atoms with E-state index in [-0.39, 0.29) is 5.56 Å². The van der Waals surface area contributed by atoms with Gasteiger partial charge >= 0.3 is 0 Å². The first-order chi connectivity index (χ1) is 6.15. The van der Waals surface area contributed by atoms with E-state index in [1.54, 1.807) is 0 Å². The van der Waals surface area contributed by atoms with Gasteiger partial charge in [-0.2, -0.15) is 0 Å². The van der Waals surface area contributed by atoms with Crippen molar-refractivity contribution in [2.75, 3.05) is 7.11 Å². The van der Waals surface area contributed by atoms with Crippen LogP contribution in [0, 0.1) is 5.82 Å². The van der Waals surface area contributed by atoms with Crippen molar-refractivity contribution in [3.63, 3.8) is 0 Å². The first-order valence-electron chi connectivity index (χ1n) is 3.43. The Labute approximate surface area is 79.4 Å². The molecule has 0 atom stereocenters. The van der Waals surface area contributed by atoms with Crippen LogP contribution in [-0.4, -0.2) is 13.0 Å². The number of carbonyl (C=O) groups is 1. The Morgan fingerprint density at radius 3 is 2.92 bits per heavy atom. The van der Waals surface area contributed by atoms with Crippen molar-refractivity contribution < 1.29 is 14.0 Å². The van der Waals surface area contributed by atoms with E-state index >= 15 is 0 Å². The minimum absolute atomic E-state index is 0.144. The molecule has 1 rings (SSSR count). The van der Waals surface area contributed by atoms with E-state index in [0.29, 0.717) is 5.02 Å². The number of rotatable bonds is 2. The highest BCUT2D eigenvalue weighted by molar-refractivity contribution is 6.30. The molecule has 0 aliphatic rings. The van der Waals surface area contributed by atoms with Gasteiger partial charge in [0.25, 0.3) is 5.91 Å². The van der Waals surface area contributed by atoms with E-state index in [0.717, 1.165) is 6.07 Å². The molecule has 0 fully saturated rings. The predicted molar refractivity (Wildman–Crippen MR) is 45.9 cm³/mol. The van der Waals surface area contributed by atoms with Crippen LogP contribution < -0.4 is 5.48 Å². The number of hydrogen-bond acceptors (Lipinski definition) is 2. The van der Waals surface area contributed by atoms with Gasteiger partial charge in [0.1, 0.15) is 5.82 Å². The molecule has 0 aliphatic heterocycles. The topological polar surface area (TPSA) is 38.3 Å². The second kappa shape index (κ2) is 4.20. The molecule has 0 unspecified atom stereocenters. The molecule has 70 valence electrons. The summed E-state index contributed by atoms with van der Waals surface area (Å²) in [6.45, 7) is 0. The minimum Gasteiger partial charge on any atom is -0.277 e. The highest BCUT2D eigenvalue weighted by Crippen LogP contribution is 2.14. The summed E-state index contributed by atoms with van der Waals surface area (Å²) in [5.74, 6) is -1.30. The molecule has 0 aliphatic carbocycles. The fourth-order valence-corrected chi connectivity index (χ4v) is 0.991. The summed E-state index contributed by atoms with van der Waals surface area (Å²) in [7, 11) is 1.26. The van der Waals surface area contributed by atoms with Gasteiger partial charge in [-0.05, 0) is 18.2 Å². The average molecular weight is 204 g/mol. The number of amides is 1. The highest BCUT2D eigenvalue weighted by Gasteiger charge is 2.11. The Balaban J connectivity index is 2.99. The van der Waals surface area contributed by atoms with E-state index in [4.69, 9.17) is 11.6 Å². The molecule has 1 amide bonds. The highest BCUT2D eigenvalue weighted by atomic mass is 35.5. The molecule has 0 radical (unpaired) electrons. The van der Waals surface area contributed by atoms with E-state index in [1.807, 2.05) is 5.48 Å². The summed E-state index contributed by atoms with van der Waals surface area (Å²) in [5, 5.41) is 0.294. The maximum absolute atomic E-state index is 13.0. The molecular weight excluding hydrogens is 197 g/mol. The van der Waals surface area contributed by atoms with Crippen LogP contribution in [0.1, 0.15) is 10.4 Å². The predicted octanol–water partition coefficient (Wildman–Crippen LogP) is 1.77. The Bertz CT molecular complexity index is 330. The summed E-state index contributed by atoms with van der Waals surface area (Å²) in [4.78, 5) is 15.4. The third kappa shape index (κ3) is 2.40. The second-order valence-electron chi connectivity index (χ2n) is 2.26. The van der Waals surface area contributed by atoms with Gasteiger partial charge in [-0.1, -0.05) is 11.6 Å². The zero-order valence-electron chi connectivity index (χ0n) is 6.80. The lowest BCUT2D eigenvalue weighted by Gasteiger charge is -2.03. The molecule has 1 N–H and O–H groups in total. The zero-order chi connectivity index (χ0) is 9.84. The van der Waals surface area contributed by atoms with Crippen molar-refractivity contribution >= 4 is 17.5 Å². The van der Waals surface area contributed by atoms with Gasteiger partial charge in [-0.3, -0.25) is 9.63 Å². The maximum Gasteiger partial charge on any atom is 0.277 e. The number of carbonyl (C=O) groups excluding carboxylic acids is 1. The van der Waals surface area contributed by atoms with Gasteiger partial charge in [-0.25, -0.2) is 9.87 Å². The third-order valence-electron chi connectivity index (χ3n) is 1.37. The lowest BCUT2D eigenvalue weighted by atomic mass is 10.2. The molecule has 0 saturated heterocycles. The molecule has 0 spiro atoms. The first kappa shape index (κ1) is 9.95. The van der Waals surface area contributed by atoms with Gasteiger partial charge in [0.05, 0.1) is 12.7 Å². The Hall–Kier alpha value is -1.13. The van der Waals surface area contributed by atoms with Crippen molar-refractivity contribution in [2.45, 2.75) is 0 Å². The van der Waals surface area contributed by atoms with Crippen LogP contribution in [-0.2, 0) is 4.84 Å². The number of halogens is 2. The molecule has 3 nitrogen and oxygen atoms in total. The van der Waals surface area contributed by atoms with Crippen LogP contribution in [0.25, 0.3) is 0 Å². The minimum atomic E-state index is -0.664. The molecule has 0 saturated carbocycles. The van der Waals surface area contributed by atoms with E-state index in [9.17, 15) is 9.18 Å². The third-order valence-corrected chi connectivity index (χ3v) is 1.60. The molecule has 1 aromatic rings. The standard InChI is InChI=1S/C8H7ClFNO2/c1-13-11-8(12)6-4-5(9)2-3-7(6)10/h2-4H,1H3,(H,11,12). The quantitative estimate of drug-likeness (QED) is 0.744. The van der Waals surface area contributed by atoms with Gasteiger partial charge < -0.3 is 0 Å². The molecule has 13 heavy (non-hydrogen) atoms. The largest absolute Gasteiger partial charge is 0.277 e. The average Bonchev–Trinajstić information content (AvgIpc) is 2.09. The van der Waals surface area contributed by atoms with Crippen molar-refractivity contribution in [2.24, 2.45) is 0 Å². The molecule has 0 bridgehead atoms. The van der Waals surface area contributed by atoms with Crippen molar-refractivity contribution in [1.29, 1.82) is 0 Å². The van der Waals surface area contributed by atoms with E-state index < -0.39 is 11.7 Å². The normalized spacial score (nSPS) is 9.77. The summed E-state index contributed by atoms with van der Waals surface area (Å²) < 4.78 is 13.0. The Morgan fingerprint density at radius 1 is 1.62 bits per heavy atom. The number of benzene rings is 1. The molecular formula is C8H7ClFNO2. The summed E-state index contributed by atoms with van der Waals surface area (Å²) >= 11 is 5.57. The summed E-state index contributed by atoms with van der Waals surface area (Å²) in [5.41, 5.74) is 1.85. The van der Waals surface area contributed by atoms with Crippen LogP contribution in [0.3, 0.4) is 0 Å². The molecule has 5 heteroatoms. The van der Waals surface area contributed by atoms with Crippen LogP contribution in [0.2, 0.25) is 5.02 Å².